The summed E-state index contributed by atoms with van der Waals surface area (Å²) in [6.07, 6.45) is 0.745. The van der Waals surface area contributed by atoms with Gasteiger partial charge in [0.1, 0.15) is 17.2 Å². The zero-order valence-electron chi connectivity index (χ0n) is 16.7. The van der Waals surface area contributed by atoms with Gasteiger partial charge in [0.2, 0.25) is 0 Å². The predicted molar refractivity (Wildman–Crippen MR) is 104 cm³/mol. The molecule has 1 aliphatic heterocycles. The van der Waals surface area contributed by atoms with Gasteiger partial charge >= 0.3 is 6.09 Å². The van der Waals surface area contributed by atoms with Crippen LogP contribution in [-0.4, -0.2) is 41.3 Å². The number of alkyl carbamates (subject to hydrolysis) is 1. The Morgan fingerprint density at radius 2 is 2.07 bits per heavy atom. The molecule has 2 N–H and O–H groups in total. The maximum absolute atomic E-state index is 12.5. The summed E-state index contributed by atoms with van der Waals surface area (Å²) in [6.45, 7) is 7.69. The molecule has 8 nitrogen and oxygen atoms in total. The first-order valence-electron chi connectivity index (χ1n) is 9.56. The summed E-state index contributed by atoms with van der Waals surface area (Å²) in [7, 11) is 0. The topological polar surface area (TPSA) is 103 Å². The molecule has 152 valence electrons. The lowest BCUT2D eigenvalue weighted by molar-refractivity contribution is -0.126. The zero-order chi connectivity index (χ0) is 20.3. The molecule has 1 aliphatic rings. The molecule has 0 aliphatic carbocycles. The van der Waals surface area contributed by atoms with E-state index < -0.39 is 17.8 Å². The Morgan fingerprint density at radius 1 is 1.29 bits per heavy atom. The minimum atomic E-state index is -0.551. The van der Waals surface area contributed by atoms with E-state index in [9.17, 15) is 9.59 Å². The van der Waals surface area contributed by atoms with Crippen LogP contribution in [0.4, 0.5) is 10.5 Å². The SMILES string of the molecule is CCc1nc2cc(NC(=O)C3CCC(CNC(=O)OC(C)(C)C)O3)ccc2o1. The molecule has 2 atom stereocenters. The summed E-state index contributed by atoms with van der Waals surface area (Å²) in [4.78, 5) is 28.6. The van der Waals surface area contributed by atoms with Gasteiger partial charge in [-0.1, -0.05) is 6.92 Å². The van der Waals surface area contributed by atoms with Crippen molar-refractivity contribution in [1.82, 2.24) is 10.3 Å². The fourth-order valence-corrected chi connectivity index (χ4v) is 2.99. The molecule has 28 heavy (non-hydrogen) atoms. The van der Waals surface area contributed by atoms with E-state index in [0.29, 0.717) is 48.5 Å². The second kappa shape index (κ2) is 8.18. The first-order chi connectivity index (χ1) is 13.2. The fraction of sp³-hybridized carbons (Fsp3) is 0.550. The van der Waals surface area contributed by atoms with E-state index in [1.165, 1.54) is 0 Å². The highest BCUT2D eigenvalue weighted by Gasteiger charge is 2.31. The van der Waals surface area contributed by atoms with Gasteiger partial charge in [-0.25, -0.2) is 9.78 Å². The molecule has 2 heterocycles. The lowest BCUT2D eigenvalue weighted by atomic mass is 10.2. The molecule has 3 rings (SSSR count). The van der Waals surface area contributed by atoms with E-state index in [1.54, 1.807) is 39.0 Å². The number of nitrogens with one attached hydrogen (secondary N) is 2. The first-order valence-corrected chi connectivity index (χ1v) is 9.56. The lowest BCUT2D eigenvalue weighted by Gasteiger charge is -2.20. The van der Waals surface area contributed by atoms with Crippen LogP contribution in [0, 0.1) is 0 Å². The number of anilines is 1. The normalized spacial score (nSPS) is 19.6. The van der Waals surface area contributed by atoms with Crippen molar-refractivity contribution >= 4 is 28.8 Å². The molecule has 2 aromatic rings. The number of fused-ring (bicyclic) bond motifs is 1. The third-order valence-corrected chi connectivity index (χ3v) is 4.27. The maximum atomic E-state index is 12.5. The summed E-state index contributed by atoms with van der Waals surface area (Å²) in [6, 6.07) is 5.36. The molecule has 0 bridgehead atoms. The number of amides is 2. The van der Waals surface area contributed by atoms with Crippen LogP contribution in [-0.2, 0) is 20.7 Å². The third kappa shape index (κ3) is 5.22. The van der Waals surface area contributed by atoms with Crippen LogP contribution in [0.15, 0.2) is 22.6 Å². The van der Waals surface area contributed by atoms with Gasteiger partial charge in [0.05, 0.1) is 6.10 Å². The van der Waals surface area contributed by atoms with Gasteiger partial charge in [0, 0.05) is 18.7 Å². The summed E-state index contributed by atoms with van der Waals surface area (Å²) >= 11 is 0. The number of hydrogen-bond acceptors (Lipinski definition) is 6. The van der Waals surface area contributed by atoms with Crippen molar-refractivity contribution in [2.75, 3.05) is 11.9 Å². The third-order valence-electron chi connectivity index (χ3n) is 4.27. The zero-order valence-corrected chi connectivity index (χ0v) is 16.7. The van der Waals surface area contributed by atoms with Gasteiger partial charge in [-0.05, 0) is 51.8 Å². The molecule has 1 aromatic heterocycles. The van der Waals surface area contributed by atoms with Crippen molar-refractivity contribution in [1.29, 1.82) is 0 Å². The summed E-state index contributed by atoms with van der Waals surface area (Å²) in [5.74, 6) is 0.455. The van der Waals surface area contributed by atoms with Crippen LogP contribution >= 0.6 is 0 Å². The largest absolute Gasteiger partial charge is 0.444 e. The van der Waals surface area contributed by atoms with Gasteiger partial charge in [0.25, 0.3) is 5.91 Å². The average Bonchev–Trinajstić information content (AvgIpc) is 3.24. The number of carbonyl (C=O) groups excluding carboxylic acids is 2. The quantitative estimate of drug-likeness (QED) is 0.812. The Bertz CT molecular complexity index is 855. The first kappa shape index (κ1) is 20.1. The van der Waals surface area contributed by atoms with Crippen molar-refractivity contribution in [3.63, 3.8) is 0 Å². The van der Waals surface area contributed by atoms with Crippen LogP contribution in [0.5, 0.6) is 0 Å². The average molecular weight is 389 g/mol. The van der Waals surface area contributed by atoms with E-state index in [4.69, 9.17) is 13.9 Å². The van der Waals surface area contributed by atoms with Crippen LogP contribution in [0.25, 0.3) is 11.1 Å². The van der Waals surface area contributed by atoms with Crippen molar-refractivity contribution in [3.8, 4) is 0 Å². The Balaban J connectivity index is 1.50. The highest BCUT2D eigenvalue weighted by Crippen LogP contribution is 2.23. The Morgan fingerprint density at radius 3 is 2.79 bits per heavy atom. The summed E-state index contributed by atoms with van der Waals surface area (Å²) < 4.78 is 16.5. The van der Waals surface area contributed by atoms with E-state index >= 15 is 0 Å². The molecule has 0 radical (unpaired) electrons. The highest BCUT2D eigenvalue weighted by molar-refractivity contribution is 5.95. The number of rotatable bonds is 5. The van der Waals surface area contributed by atoms with Crippen molar-refractivity contribution in [2.24, 2.45) is 0 Å². The Hall–Kier alpha value is -2.61. The lowest BCUT2D eigenvalue weighted by Crippen LogP contribution is -2.37. The van der Waals surface area contributed by atoms with Gasteiger partial charge in [-0.3, -0.25) is 4.79 Å². The Kier molecular flexibility index (Phi) is 5.88. The van der Waals surface area contributed by atoms with Crippen LogP contribution in [0.1, 0.15) is 46.4 Å². The molecule has 1 fully saturated rings. The molecular weight excluding hydrogens is 362 g/mol. The van der Waals surface area contributed by atoms with E-state index in [0.717, 1.165) is 0 Å². The molecule has 2 unspecified atom stereocenters. The van der Waals surface area contributed by atoms with Gasteiger partial charge < -0.3 is 24.5 Å². The van der Waals surface area contributed by atoms with Crippen LogP contribution < -0.4 is 10.6 Å². The molecule has 0 spiro atoms. The number of aromatic nitrogens is 1. The Labute approximate surface area is 164 Å². The minimum Gasteiger partial charge on any atom is -0.444 e. The van der Waals surface area contributed by atoms with Crippen LogP contribution in [0.2, 0.25) is 0 Å². The predicted octanol–water partition coefficient (Wildman–Crippen LogP) is 3.40. The number of ether oxygens (including phenoxy) is 2. The van der Waals surface area contributed by atoms with Crippen molar-refractivity contribution < 1.29 is 23.5 Å². The van der Waals surface area contributed by atoms with E-state index in [2.05, 4.69) is 15.6 Å². The maximum Gasteiger partial charge on any atom is 0.407 e. The molecule has 0 saturated carbocycles. The monoisotopic (exact) mass is 389 g/mol. The number of aryl methyl sites for hydroxylation is 1. The standard InChI is InChI=1S/C20H27N3O5/c1-5-17-23-14-10-12(6-8-15(14)27-17)22-18(24)16-9-7-13(26-16)11-21-19(25)28-20(2,3)4/h6,8,10,13,16H,5,7,9,11H2,1-4H3,(H,21,25)(H,22,24). The summed E-state index contributed by atoms with van der Waals surface area (Å²) in [5.41, 5.74) is 1.50. The second-order valence-electron chi connectivity index (χ2n) is 7.84. The molecule has 1 aromatic carbocycles. The fourth-order valence-electron chi connectivity index (χ4n) is 2.99. The number of hydrogen-bond donors (Lipinski definition) is 2. The molecule has 1 saturated heterocycles. The van der Waals surface area contributed by atoms with Gasteiger partial charge in [-0.15, -0.1) is 0 Å². The van der Waals surface area contributed by atoms with Crippen molar-refractivity contribution in [2.45, 2.75) is 64.8 Å². The minimum absolute atomic E-state index is 0.210. The molecule has 8 heteroatoms. The number of benzene rings is 1. The van der Waals surface area contributed by atoms with E-state index in [1.807, 2.05) is 6.92 Å². The summed E-state index contributed by atoms with van der Waals surface area (Å²) in [5, 5.41) is 5.54. The van der Waals surface area contributed by atoms with Gasteiger partial charge in [0.15, 0.2) is 11.5 Å². The van der Waals surface area contributed by atoms with Gasteiger partial charge in [-0.2, -0.15) is 0 Å². The molecule has 2 amide bonds. The number of carbonyl (C=O) groups is 2. The number of nitrogens with zero attached hydrogens (tertiary/aromatic N) is 1. The van der Waals surface area contributed by atoms with Crippen LogP contribution in [0.3, 0.4) is 0 Å². The second-order valence-corrected chi connectivity index (χ2v) is 7.84. The molecular formula is C20H27N3O5. The highest BCUT2D eigenvalue weighted by atomic mass is 16.6. The van der Waals surface area contributed by atoms with Crippen molar-refractivity contribution in [3.05, 3.63) is 24.1 Å². The van der Waals surface area contributed by atoms with E-state index in [-0.39, 0.29) is 12.0 Å². The smallest absolute Gasteiger partial charge is 0.407 e. The number of oxazole rings is 1.